The highest BCUT2D eigenvalue weighted by molar-refractivity contribution is 6.30. The molecule has 1 aromatic carbocycles. The zero-order valence-corrected chi connectivity index (χ0v) is 18.5. The number of aliphatic imine (C=N–C) groups is 1. The summed E-state index contributed by atoms with van der Waals surface area (Å²) in [4.78, 5) is 20.5. The number of nitrogens with one attached hydrogen (secondary N) is 3. The molecule has 0 aliphatic heterocycles. The third-order valence-electron chi connectivity index (χ3n) is 3.58. The van der Waals surface area contributed by atoms with E-state index in [1.54, 1.807) is 12.1 Å². The minimum atomic E-state index is -0.519. The zero-order chi connectivity index (χ0) is 22.0. The van der Waals surface area contributed by atoms with Crippen LogP contribution in [-0.4, -0.2) is 54.0 Å². The largest absolute Gasteiger partial charge is 0.444 e. The number of halogens is 1. The van der Waals surface area contributed by atoms with Gasteiger partial charge in [0.05, 0.1) is 6.54 Å². The lowest BCUT2D eigenvalue weighted by Crippen LogP contribution is -2.42. The maximum Gasteiger partial charge on any atom is 0.407 e. The second kappa shape index (κ2) is 11.4. The number of aromatic nitrogens is 2. The molecule has 164 valence electrons. The third kappa shape index (κ3) is 8.69. The van der Waals surface area contributed by atoms with E-state index in [0.29, 0.717) is 55.3 Å². The predicted octanol–water partition coefficient (Wildman–Crippen LogP) is 3.01. The Hall–Kier alpha value is -2.81. The fraction of sp³-hybridized carbons (Fsp3) is 0.500. The average molecular weight is 437 g/mol. The van der Waals surface area contributed by atoms with Gasteiger partial charge in [0.2, 0.25) is 11.7 Å². The van der Waals surface area contributed by atoms with Crippen LogP contribution in [0.25, 0.3) is 11.4 Å². The van der Waals surface area contributed by atoms with Gasteiger partial charge in [-0.15, -0.1) is 0 Å². The summed E-state index contributed by atoms with van der Waals surface area (Å²) in [5.74, 6) is 1.63. The molecule has 30 heavy (non-hydrogen) atoms. The van der Waals surface area contributed by atoms with Crippen LogP contribution in [0.5, 0.6) is 0 Å². The Labute approximate surface area is 181 Å². The molecule has 1 aromatic heterocycles. The van der Waals surface area contributed by atoms with E-state index in [1.807, 2.05) is 39.8 Å². The van der Waals surface area contributed by atoms with E-state index >= 15 is 0 Å². The maximum absolute atomic E-state index is 11.6. The molecule has 1 amide bonds. The number of alkyl carbamates (subject to hydrolysis) is 1. The Bertz CT molecular complexity index is 847. The summed E-state index contributed by atoms with van der Waals surface area (Å²) >= 11 is 6.00. The number of amides is 1. The molecule has 3 N–H and O–H groups in total. The molecular weight excluding hydrogens is 408 g/mol. The fourth-order valence-electron chi connectivity index (χ4n) is 2.37. The van der Waals surface area contributed by atoms with Crippen molar-refractivity contribution in [3.8, 4) is 11.4 Å². The minimum absolute atomic E-state index is 0.409. The topological polar surface area (TPSA) is 114 Å². The summed E-state index contributed by atoms with van der Waals surface area (Å²) in [5, 5.41) is 13.6. The van der Waals surface area contributed by atoms with Gasteiger partial charge in [-0.25, -0.2) is 4.79 Å². The molecule has 0 atom stereocenters. The van der Waals surface area contributed by atoms with Gasteiger partial charge in [-0.05, 0) is 39.8 Å². The number of nitrogens with zero attached hydrogens (tertiary/aromatic N) is 3. The summed E-state index contributed by atoms with van der Waals surface area (Å²) in [6.07, 6.45) is 0.0541. The lowest BCUT2D eigenvalue weighted by atomic mass is 10.2. The van der Waals surface area contributed by atoms with Gasteiger partial charge in [0.25, 0.3) is 0 Å². The highest BCUT2D eigenvalue weighted by Crippen LogP contribution is 2.19. The van der Waals surface area contributed by atoms with E-state index in [9.17, 15) is 4.79 Å². The molecule has 0 saturated carbocycles. The first-order valence-corrected chi connectivity index (χ1v) is 10.2. The summed E-state index contributed by atoms with van der Waals surface area (Å²) in [6, 6.07) is 7.28. The van der Waals surface area contributed by atoms with Gasteiger partial charge in [-0.2, -0.15) is 4.98 Å². The predicted molar refractivity (Wildman–Crippen MR) is 117 cm³/mol. The van der Waals surface area contributed by atoms with Crippen molar-refractivity contribution in [2.24, 2.45) is 4.99 Å². The molecule has 0 saturated heterocycles. The van der Waals surface area contributed by atoms with Crippen molar-refractivity contribution in [2.45, 2.75) is 39.7 Å². The summed E-state index contributed by atoms with van der Waals surface area (Å²) in [7, 11) is 0. The number of hydrogen-bond donors (Lipinski definition) is 3. The van der Waals surface area contributed by atoms with Crippen molar-refractivity contribution in [1.29, 1.82) is 0 Å². The lowest BCUT2D eigenvalue weighted by Gasteiger charge is -2.19. The molecule has 0 unspecified atom stereocenters. The van der Waals surface area contributed by atoms with Crippen molar-refractivity contribution in [2.75, 3.05) is 26.2 Å². The zero-order valence-electron chi connectivity index (χ0n) is 17.8. The fourth-order valence-corrected chi connectivity index (χ4v) is 2.56. The van der Waals surface area contributed by atoms with E-state index < -0.39 is 11.7 Å². The number of carbonyl (C=O) groups is 1. The molecule has 0 radical (unpaired) electrons. The first kappa shape index (κ1) is 23.5. The highest BCUT2D eigenvalue weighted by Gasteiger charge is 2.15. The van der Waals surface area contributed by atoms with Crippen molar-refractivity contribution in [3.05, 3.63) is 35.2 Å². The number of rotatable bonds is 8. The van der Waals surface area contributed by atoms with Crippen LogP contribution in [0, 0.1) is 0 Å². The number of hydrogen-bond acceptors (Lipinski definition) is 6. The molecule has 1 heterocycles. The standard InChI is InChI=1S/C20H29ClN6O3/c1-5-22-18(24-11-12-25-19(28)29-20(2,3)4)23-10-9-16-26-17(27-30-16)14-7-6-8-15(21)13-14/h6-8,13H,5,9-12H2,1-4H3,(H,25,28)(H2,22,23,24). The Morgan fingerprint density at radius 1 is 1.23 bits per heavy atom. The van der Waals surface area contributed by atoms with Crippen molar-refractivity contribution < 1.29 is 14.1 Å². The van der Waals surface area contributed by atoms with Gasteiger partial charge in [0.1, 0.15) is 5.60 Å². The third-order valence-corrected chi connectivity index (χ3v) is 3.81. The number of benzene rings is 1. The van der Waals surface area contributed by atoms with Crippen LogP contribution in [0.4, 0.5) is 4.79 Å². The quantitative estimate of drug-likeness (QED) is 0.331. The Kier molecular flexibility index (Phi) is 8.91. The highest BCUT2D eigenvalue weighted by atomic mass is 35.5. The second-order valence-corrected chi connectivity index (χ2v) is 7.82. The van der Waals surface area contributed by atoms with Gasteiger partial charge in [0, 0.05) is 36.6 Å². The van der Waals surface area contributed by atoms with E-state index in [-0.39, 0.29) is 0 Å². The normalized spacial score (nSPS) is 11.8. The Morgan fingerprint density at radius 3 is 2.70 bits per heavy atom. The first-order valence-electron chi connectivity index (χ1n) is 9.84. The number of ether oxygens (including phenoxy) is 1. The molecule has 0 aliphatic carbocycles. The number of guanidine groups is 1. The van der Waals surface area contributed by atoms with Gasteiger partial charge >= 0.3 is 6.09 Å². The lowest BCUT2D eigenvalue weighted by molar-refractivity contribution is 0.0529. The maximum atomic E-state index is 11.6. The average Bonchev–Trinajstić information content (AvgIpc) is 3.13. The van der Waals surface area contributed by atoms with Crippen LogP contribution >= 0.6 is 11.6 Å². The van der Waals surface area contributed by atoms with E-state index in [2.05, 4.69) is 31.1 Å². The van der Waals surface area contributed by atoms with Crippen LogP contribution in [0.2, 0.25) is 5.02 Å². The molecule has 0 spiro atoms. The van der Waals surface area contributed by atoms with Crippen LogP contribution in [0.1, 0.15) is 33.6 Å². The van der Waals surface area contributed by atoms with Gasteiger partial charge in [-0.3, -0.25) is 4.99 Å². The Balaban J connectivity index is 1.79. The van der Waals surface area contributed by atoms with Gasteiger partial charge < -0.3 is 25.2 Å². The van der Waals surface area contributed by atoms with Crippen LogP contribution in [-0.2, 0) is 11.2 Å². The van der Waals surface area contributed by atoms with Gasteiger partial charge in [-0.1, -0.05) is 28.9 Å². The molecule has 0 aliphatic rings. The molecule has 2 aromatic rings. The van der Waals surface area contributed by atoms with E-state index in [4.69, 9.17) is 20.9 Å². The minimum Gasteiger partial charge on any atom is -0.444 e. The van der Waals surface area contributed by atoms with E-state index in [0.717, 1.165) is 5.56 Å². The molecule has 9 nitrogen and oxygen atoms in total. The molecular formula is C20H29ClN6O3. The van der Waals surface area contributed by atoms with E-state index in [1.165, 1.54) is 0 Å². The molecule has 10 heteroatoms. The summed E-state index contributed by atoms with van der Waals surface area (Å²) < 4.78 is 10.5. The van der Waals surface area contributed by atoms with Crippen LogP contribution in [0.15, 0.2) is 33.8 Å². The molecule has 2 rings (SSSR count). The summed E-state index contributed by atoms with van der Waals surface area (Å²) in [6.45, 7) is 9.53. The Morgan fingerprint density at radius 2 is 2.00 bits per heavy atom. The van der Waals surface area contributed by atoms with Crippen LogP contribution in [0.3, 0.4) is 0 Å². The SMILES string of the molecule is CCNC(=NCCc1nc(-c2cccc(Cl)c2)no1)NCCNC(=O)OC(C)(C)C. The van der Waals surface area contributed by atoms with Crippen LogP contribution < -0.4 is 16.0 Å². The summed E-state index contributed by atoms with van der Waals surface area (Å²) in [5.41, 5.74) is 0.281. The molecule has 0 fully saturated rings. The number of carbonyl (C=O) groups excluding carboxylic acids is 1. The van der Waals surface area contributed by atoms with Crippen molar-refractivity contribution >= 4 is 23.7 Å². The first-order chi connectivity index (χ1) is 14.3. The van der Waals surface area contributed by atoms with Crippen molar-refractivity contribution in [1.82, 2.24) is 26.1 Å². The van der Waals surface area contributed by atoms with Crippen molar-refractivity contribution in [3.63, 3.8) is 0 Å². The monoisotopic (exact) mass is 436 g/mol. The molecule has 0 bridgehead atoms. The second-order valence-electron chi connectivity index (χ2n) is 7.39. The smallest absolute Gasteiger partial charge is 0.407 e. The van der Waals surface area contributed by atoms with Gasteiger partial charge in [0.15, 0.2) is 5.96 Å².